The van der Waals surface area contributed by atoms with Crippen LogP contribution in [0.15, 0.2) is 47.6 Å². The Bertz CT molecular complexity index is 728. The lowest BCUT2D eigenvalue weighted by Gasteiger charge is -2.09. The number of para-hydroxylation sites is 1. The van der Waals surface area contributed by atoms with Gasteiger partial charge in [0.05, 0.1) is 12.8 Å². The van der Waals surface area contributed by atoms with E-state index in [0.717, 1.165) is 23.4 Å². The highest BCUT2D eigenvalue weighted by Crippen LogP contribution is 2.16. The molecule has 0 radical (unpaired) electrons. The molecular formula is C19H23N3OS. The van der Waals surface area contributed by atoms with Gasteiger partial charge in [0.2, 0.25) is 0 Å². The molecule has 0 saturated carbocycles. The summed E-state index contributed by atoms with van der Waals surface area (Å²) in [7, 11) is 0. The molecule has 0 aromatic heterocycles. The van der Waals surface area contributed by atoms with E-state index in [9.17, 15) is 0 Å². The van der Waals surface area contributed by atoms with E-state index in [-0.39, 0.29) is 0 Å². The molecule has 24 heavy (non-hydrogen) atoms. The van der Waals surface area contributed by atoms with Gasteiger partial charge in [0.15, 0.2) is 5.11 Å². The number of hydrogen-bond donors (Lipinski definition) is 2. The highest BCUT2D eigenvalue weighted by atomic mass is 32.1. The lowest BCUT2D eigenvalue weighted by molar-refractivity contribution is 0.317. The topological polar surface area (TPSA) is 45.6 Å². The summed E-state index contributed by atoms with van der Waals surface area (Å²) in [4.78, 5) is 0. The SMILES string of the molecule is CCCOc1ccccc1/C=N\NC(=S)Nc1ccc(C)c(C)c1. The van der Waals surface area contributed by atoms with E-state index < -0.39 is 0 Å². The minimum absolute atomic E-state index is 0.446. The van der Waals surface area contributed by atoms with Crippen molar-refractivity contribution in [2.45, 2.75) is 27.2 Å². The van der Waals surface area contributed by atoms with Crippen LogP contribution in [0.1, 0.15) is 30.0 Å². The molecule has 0 aliphatic heterocycles. The van der Waals surface area contributed by atoms with Crippen LogP contribution >= 0.6 is 12.2 Å². The number of rotatable bonds is 6. The summed E-state index contributed by atoms with van der Waals surface area (Å²) < 4.78 is 5.70. The van der Waals surface area contributed by atoms with Gasteiger partial charge in [0.1, 0.15) is 5.75 Å². The third-order valence-electron chi connectivity index (χ3n) is 3.52. The largest absolute Gasteiger partial charge is 0.493 e. The minimum atomic E-state index is 0.446. The zero-order valence-electron chi connectivity index (χ0n) is 14.3. The predicted octanol–water partition coefficient (Wildman–Crippen LogP) is 4.41. The first kappa shape index (κ1) is 17.9. The van der Waals surface area contributed by atoms with Crippen LogP contribution in [0.25, 0.3) is 0 Å². The number of anilines is 1. The fraction of sp³-hybridized carbons (Fsp3) is 0.263. The van der Waals surface area contributed by atoms with E-state index in [4.69, 9.17) is 17.0 Å². The van der Waals surface area contributed by atoms with Crippen LogP contribution in [0, 0.1) is 13.8 Å². The summed E-state index contributed by atoms with van der Waals surface area (Å²) >= 11 is 5.26. The number of nitrogens with zero attached hydrogens (tertiary/aromatic N) is 1. The quantitative estimate of drug-likeness (QED) is 0.464. The number of aryl methyl sites for hydroxylation is 2. The molecule has 0 spiro atoms. The molecule has 0 aliphatic rings. The molecule has 2 N–H and O–H groups in total. The van der Waals surface area contributed by atoms with Gasteiger partial charge in [-0.2, -0.15) is 5.10 Å². The summed E-state index contributed by atoms with van der Waals surface area (Å²) in [5, 5.41) is 7.75. The van der Waals surface area contributed by atoms with Crippen LogP contribution in [0.2, 0.25) is 0 Å². The van der Waals surface area contributed by atoms with Crippen LogP contribution in [0.3, 0.4) is 0 Å². The molecule has 0 fully saturated rings. The molecule has 0 amide bonds. The lowest BCUT2D eigenvalue weighted by Crippen LogP contribution is -2.23. The maximum Gasteiger partial charge on any atom is 0.191 e. The minimum Gasteiger partial charge on any atom is -0.493 e. The van der Waals surface area contributed by atoms with Gasteiger partial charge < -0.3 is 10.1 Å². The van der Waals surface area contributed by atoms with Crippen molar-refractivity contribution in [3.8, 4) is 5.75 Å². The van der Waals surface area contributed by atoms with Gasteiger partial charge in [-0.15, -0.1) is 0 Å². The van der Waals surface area contributed by atoms with Crippen LogP contribution < -0.4 is 15.5 Å². The Kier molecular flexibility index (Phi) is 6.75. The van der Waals surface area contributed by atoms with Gasteiger partial charge in [-0.25, -0.2) is 0 Å². The summed E-state index contributed by atoms with van der Waals surface area (Å²) in [6, 6.07) is 13.9. The van der Waals surface area contributed by atoms with Gasteiger partial charge in [-0.1, -0.05) is 25.1 Å². The van der Waals surface area contributed by atoms with E-state index in [1.165, 1.54) is 11.1 Å². The molecule has 0 bridgehead atoms. The van der Waals surface area contributed by atoms with Gasteiger partial charge >= 0.3 is 0 Å². The Morgan fingerprint density at radius 1 is 1.17 bits per heavy atom. The molecule has 0 aliphatic carbocycles. The van der Waals surface area contributed by atoms with E-state index in [2.05, 4.69) is 48.7 Å². The summed E-state index contributed by atoms with van der Waals surface area (Å²) in [6.07, 6.45) is 2.67. The van der Waals surface area contributed by atoms with Crippen LogP contribution in [-0.4, -0.2) is 17.9 Å². The van der Waals surface area contributed by atoms with Crippen molar-refractivity contribution in [1.29, 1.82) is 0 Å². The molecule has 0 unspecified atom stereocenters. The standard InChI is InChI=1S/C19H23N3OS/c1-4-11-23-18-8-6-5-7-16(18)13-20-22-19(24)21-17-10-9-14(2)15(3)12-17/h5-10,12-13H,4,11H2,1-3H3,(H2,21,22,24)/b20-13-. The first-order valence-electron chi connectivity index (χ1n) is 7.99. The summed E-state index contributed by atoms with van der Waals surface area (Å²) in [5.74, 6) is 0.818. The molecule has 2 aromatic carbocycles. The monoisotopic (exact) mass is 341 g/mol. The van der Waals surface area contributed by atoms with Crippen molar-refractivity contribution in [1.82, 2.24) is 5.43 Å². The van der Waals surface area contributed by atoms with Crippen molar-refractivity contribution < 1.29 is 4.74 Å². The van der Waals surface area contributed by atoms with Gasteiger partial charge in [-0.05, 0) is 67.9 Å². The molecule has 2 rings (SSSR count). The van der Waals surface area contributed by atoms with Gasteiger partial charge in [-0.3, -0.25) is 5.43 Å². The Balaban J connectivity index is 1.93. The number of hydrazone groups is 1. The number of ether oxygens (including phenoxy) is 1. The Labute approximate surface area is 148 Å². The van der Waals surface area contributed by atoms with Crippen LogP contribution in [0.5, 0.6) is 5.75 Å². The molecular weight excluding hydrogens is 318 g/mol. The first-order chi connectivity index (χ1) is 11.6. The predicted molar refractivity (Wildman–Crippen MR) is 105 cm³/mol. The third-order valence-corrected chi connectivity index (χ3v) is 3.71. The summed E-state index contributed by atoms with van der Waals surface area (Å²) in [6.45, 7) is 6.92. The zero-order chi connectivity index (χ0) is 17.4. The Hall–Kier alpha value is -2.40. The van der Waals surface area contributed by atoms with Gasteiger partial charge in [0, 0.05) is 11.3 Å². The van der Waals surface area contributed by atoms with E-state index in [1.54, 1.807) is 6.21 Å². The average molecular weight is 341 g/mol. The van der Waals surface area contributed by atoms with Gasteiger partial charge in [0.25, 0.3) is 0 Å². The highest BCUT2D eigenvalue weighted by Gasteiger charge is 2.01. The fourth-order valence-electron chi connectivity index (χ4n) is 2.07. The van der Waals surface area contributed by atoms with E-state index in [1.807, 2.05) is 30.3 Å². The van der Waals surface area contributed by atoms with Crippen molar-refractivity contribution in [2.24, 2.45) is 5.10 Å². The molecule has 0 atom stereocenters. The van der Waals surface area contributed by atoms with E-state index >= 15 is 0 Å². The average Bonchev–Trinajstić information content (AvgIpc) is 2.57. The molecule has 2 aromatic rings. The van der Waals surface area contributed by atoms with Crippen molar-refractivity contribution in [3.05, 3.63) is 59.2 Å². The second-order valence-electron chi connectivity index (χ2n) is 5.51. The Morgan fingerprint density at radius 3 is 2.71 bits per heavy atom. The first-order valence-corrected chi connectivity index (χ1v) is 8.40. The molecule has 126 valence electrons. The van der Waals surface area contributed by atoms with Crippen molar-refractivity contribution >= 4 is 29.2 Å². The lowest BCUT2D eigenvalue weighted by atomic mass is 10.1. The number of hydrogen-bond acceptors (Lipinski definition) is 3. The van der Waals surface area contributed by atoms with Crippen molar-refractivity contribution in [2.75, 3.05) is 11.9 Å². The third kappa shape index (κ3) is 5.35. The summed E-state index contributed by atoms with van der Waals surface area (Å²) in [5.41, 5.74) is 7.15. The van der Waals surface area contributed by atoms with Crippen LogP contribution in [-0.2, 0) is 0 Å². The smallest absolute Gasteiger partial charge is 0.191 e. The number of thiocarbonyl (C=S) groups is 1. The van der Waals surface area contributed by atoms with Crippen molar-refractivity contribution in [3.63, 3.8) is 0 Å². The molecule has 0 saturated heterocycles. The number of benzene rings is 2. The normalized spacial score (nSPS) is 10.6. The zero-order valence-corrected chi connectivity index (χ0v) is 15.1. The fourth-order valence-corrected chi connectivity index (χ4v) is 2.24. The molecule has 4 nitrogen and oxygen atoms in total. The Morgan fingerprint density at radius 2 is 1.96 bits per heavy atom. The molecule has 0 heterocycles. The highest BCUT2D eigenvalue weighted by molar-refractivity contribution is 7.80. The maximum absolute atomic E-state index is 5.70. The number of nitrogens with one attached hydrogen (secondary N) is 2. The van der Waals surface area contributed by atoms with Crippen LogP contribution in [0.4, 0.5) is 5.69 Å². The second-order valence-corrected chi connectivity index (χ2v) is 5.92. The maximum atomic E-state index is 5.70. The second kappa shape index (κ2) is 9.03. The van der Waals surface area contributed by atoms with E-state index in [0.29, 0.717) is 11.7 Å². The molecule has 5 heteroatoms.